The van der Waals surface area contributed by atoms with Crippen molar-refractivity contribution in [1.82, 2.24) is 15.3 Å². The molecular weight excluding hydrogens is 210 g/mol. The SMILES string of the molecule is CC(C)[C@H](NC(=O)Cc1c[nH]cn1)C(=O)O. The van der Waals surface area contributed by atoms with Gasteiger partial charge in [-0.05, 0) is 5.92 Å². The summed E-state index contributed by atoms with van der Waals surface area (Å²) in [6, 6.07) is -0.855. The van der Waals surface area contributed by atoms with Crippen molar-refractivity contribution in [1.29, 1.82) is 0 Å². The van der Waals surface area contributed by atoms with Crippen molar-refractivity contribution >= 4 is 11.9 Å². The third-order valence-electron chi connectivity index (χ3n) is 2.15. The van der Waals surface area contributed by atoms with Crippen LogP contribution in [0, 0.1) is 5.92 Å². The predicted molar refractivity (Wildman–Crippen MR) is 56.7 cm³/mol. The van der Waals surface area contributed by atoms with Crippen LogP contribution in [0.2, 0.25) is 0 Å². The van der Waals surface area contributed by atoms with E-state index in [1.54, 1.807) is 20.0 Å². The van der Waals surface area contributed by atoms with Gasteiger partial charge < -0.3 is 15.4 Å². The number of carboxylic acids is 1. The second-order valence-corrected chi connectivity index (χ2v) is 3.86. The molecule has 1 amide bonds. The first-order chi connectivity index (χ1) is 7.50. The molecule has 6 heteroatoms. The number of aliphatic carboxylic acids is 1. The topological polar surface area (TPSA) is 95.1 Å². The summed E-state index contributed by atoms with van der Waals surface area (Å²) >= 11 is 0. The van der Waals surface area contributed by atoms with Gasteiger partial charge in [-0.15, -0.1) is 0 Å². The van der Waals surface area contributed by atoms with Crippen LogP contribution in [0.1, 0.15) is 19.5 Å². The van der Waals surface area contributed by atoms with E-state index in [2.05, 4.69) is 15.3 Å². The van der Waals surface area contributed by atoms with E-state index in [-0.39, 0.29) is 18.2 Å². The molecule has 1 heterocycles. The number of hydrogen-bond acceptors (Lipinski definition) is 3. The minimum atomic E-state index is -1.02. The van der Waals surface area contributed by atoms with Crippen LogP contribution >= 0.6 is 0 Å². The van der Waals surface area contributed by atoms with E-state index in [4.69, 9.17) is 5.11 Å². The summed E-state index contributed by atoms with van der Waals surface area (Å²) in [5, 5.41) is 11.3. The molecule has 1 aromatic heterocycles. The average Bonchev–Trinajstić information content (AvgIpc) is 2.65. The number of carbonyl (C=O) groups is 2. The Bertz CT molecular complexity index is 359. The first kappa shape index (κ1) is 12.2. The van der Waals surface area contributed by atoms with Crippen LogP contribution < -0.4 is 5.32 Å². The lowest BCUT2D eigenvalue weighted by Gasteiger charge is -2.17. The molecule has 16 heavy (non-hydrogen) atoms. The van der Waals surface area contributed by atoms with E-state index in [9.17, 15) is 9.59 Å². The Morgan fingerprint density at radius 2 is 2.25 bits per heavy atom. The number of nitrogens with zero attached hydrogens (tertiary/aromatic N) is 1. The first-order valence-electron chi connectivity index (χ1n) is 5.00. The summed E-state index contributed by atoms with van der Waals surface area (Å²) in [4.78, 5) is 29.0. The van der Waals surface area contributed by atoms with Gasteiger partial charge in [0.2, 0.25) is 5.91 Å². The highest BCUT2D eigenvalue weighted by Gasteiger charge is 2.23. The number of carboxylic acid groups (broad SMARTS) is 1. The number of nitrogens with one attached hydrogen (secondary N) is 2. The molecule has 0 saturated carbocycles. The second kappa shape index (κ2) is 5.29. The fourth-order valence-corrected chi connectivity index (χ4v) is 1.29. The van der Waals surface area contributed by atoms with Crippen molar-refractivity contribution in [3.63, 3.8) is 0 Å². The highest BCUT2D eigenvalue weighted by molar-refractivity contribution is 5.84. The molecule has 0 bridgehead atoms. The molecule has 0 aliphatic carbocycles. The van der Waals surface area contributed by atoms with Gasteiger partial charge in [0.25, 0.3) is 0 Å². The molecule has 6 nitrogen and oxygen atoms in total. The molecule has 0 aliphatic rings. The molecule has 1 aromatic rings. The Morgan fingerprint density at radius 3 is 2.69 bits per heavy atom. The van der Waals surface area contributed by atoms with Gasteiger partial charge in [-0.3, -0.25) is 4.79 Å². The lowest BCUT2D eigenvalue weighted by molar-refractivity contribution is -0.143. The summed E-state index contributed by atoms with van der Waals surface area (Å²) in [6.07, 6.45) is 3.16. The maximum absolute atomic E-state index is 11.5. The van der Waals surface area contributed by atoms with Gasteiger partial charge >= 0.3 is 5.97 Å². The molecule has 0 spiro atoms. The monoisotopic (exact) mass is 225 g/mol. The minimum Gasteiger partial charge on any atom is -0.480 e. The van der Waals surface area contributed by atoms with Crippen LogP contribution in [0.25, 0.3) is 0 Å². The molecule has 1 atom stereocenters. The van der Waals surface area contributed by atoms with Gasteiger partial charge in [0, 0.05) is 6.20 Å². The van der Waals surface area contributed by atoms with Gasteiger partial charge in [-0.1, -0.05) is 13.8 Å². The molecule has 3 N–H and O–H groups in total. The highest BCUT2D eigenvalue weighted by atomic mass is 16.4. The van der Waals surface area contributed by atoms with E-state index >= 15 is 0 Å². The van der Waals surface area contributed by atoms with Crippen molar-refractivity contribution in [2.24, 2.45) is 5.92 Å². The highest BCUT2D eigenvalue weighted by Crippen LogP contribution is 2.02. The van der Waals surface area contributed by atoms with Crippen molar-refractivity contribution in [2.45, 2.75) is 26.3 Å². The summed E-state index contributed by atoms with van der Waals surface area (Å²) in [5.74, 6) is -1.51. The van der Waals surface area contributed by atoms with Crippen molar-refractivity contribution in [3.05, 3.63) is 18.2 Å². The van der Waals surface area contributed by atoms with Gasteiger partial charge in [0.1, 0.15) is 6.04 Å². The van der Waals surface area contributed by atoms with Crippen LogP contribution in [0.5, 0.6) is 0 Å². The van der Waals surface area contributed by atoms with Gasteiger partial charge in [0.05, 0.1) is 18.4 Å². The number of hydrogen-bond donors (Lipinski definition) is 3. The third-order valence-corrected chi connectivity index (χ3v) is 2.15. The standard InChI is InChI=1S/C10H15N3O3/c1-6(2)9(10(15)16)13-8(14)3-7-4-11-5-12-7/h4-6,9H,3H2,1-2H3,(H,11,12)(H,13,14)(H,15,16)/t9-/m0/s1. The van der Waals surface area contributed by atoms with Gasteiger partial charge in [-0.2, -0.15) is 0 Å². The number of carbonyl (C=O) groups excluding carboxylic acids is 1. The maximum atomic E-state index is 11.5. The molecule has 88 valence electrons. The van der Waals surface area contributed by atoms with Gasteiger partial charge in [-0.25, -0.2) is 9.78 Å². The Balaban J connectivity index is 2.52. The number of aromatic nitrogens is 2. The molecule has 0 unspecified atom stereocenters. The number of amides is 1. The van der Waals surface area contributed by atoms with Crippen LogP contribution in [0.4, 0.5) is 0 Å². The number of imidazole rings is 1. The largest absolute Gasteiger partial charge is 0.480 e. The maximum Gasteiger partial charge on any atom is 0.326 e. The Morgan fingerprint density at radius 1 is 1.56 bits per heavy atom. The minimum absolute atomic E-state index is 0.0833. The molecular formula is C10H15N3O3. The molecule has 0 aliphatic heterocycles. The fraction of sp³-hybridized carbons (Fsp3) is 0.500. The fourth-order valence-electron chi connectivity index (χ4n) is 1.29. The normalized spacial score (nSPS) is 12.4. The number of H-pyrrole nitrogens is 1. The van der Waals surface area contributed by atoms with E-state index in [0.717, 1.165) is 0 Å². The van der Waals surface area contributed by atoms with Crippen molar-refractivity contribution < 1.29 is 14.7 Å². The molecule has 0 saturated heterocycles. The smallest absolute Gasteiger partial charge is 0.326 e. The van der Waals surface area contributed by atoms with E-state index in [0.29, 0.717) is 5.69 Å². The second-order valence-electron chi connectivity index (χ2n) is 3.86. The molecule has 0 radical (unpaired) electrons. The molecule has 0 aromatic carbocycles. The van der Waals surface area contributed by atoms with E-state index in [1.165, 1.54) is 6.33 Å². The Kier molecular flexibility index (Phi) is 4.04. The lowest BCUT2D eigenvalue weighted by atomic mass is 10.0. The van der Waals surface area contributed by atoms with E-state index in [1.807, 2.05) is 0 Å². The summed E-state index contributed by atoms with van der Waals surface area (Å²) in [7, 11) is 0. The van der Waals surface area contributed by atoms with Crippen LogP contribution in [0.3, 0.4) is 0 Å². The Labute approximate surface area is 93.1 Å². The van der Waals surface area contributed by atoms with Gasteiger partial charge in [0.15, 0.2) is 0 Å². The van der Waals surface area contributed by atoms with Crippen LogP contribution in [-0.2, 0) is 16.0 Å². The quantitative estimate of drug-likeness (QED) is 0.666. The number of aromatic amines is 1. The van der Waals surface area contributed by atoms with Crippen LogP contribution in [-0.4, -0.2) is 33.0 Å². The average molecular weight is 225 g/mol. The van der Waals surface area contributed by atoms with Crippen molar-refractivity contribution in [2.75, 3.05) is 0 Å². The zero-order valence-electron chi connectivity index (χ0n) is 9.23. The summed E-state index contributed by atoms with van der Waals surface area (Å²) in [5.41, 5.74) is 0.588. The predicted octanol–water partition coefficient (Wildman–Crippen LogP) is 0.178. The third kappa shape index (κ3) is 3.38. The number of rotatable bonds is 5. The summed E-state index contributed by atoms with van der Waals surface area (Å²) in [6.45, 7) is 3.49. The van der Waals surface area contributed by atoms with Crippen molar-refractivity contribution in [3.8, 4) is 0 Å². The first-order valence-corrected chi connectivity index (χ1v) is 5.00. The summed E-state index contributed by atoms with van der Waals surface area (Å²) < 4.78 is 0. The zero-order valence-corrected chi connectivity index (χ0v) is 9.23. The van der Waals surface area contributed by atoms with Crippen LogP contribution in [0.15, 0.2) is 12.5 Å². The molecule has 0 fully saturated rings. The molecule has 1 rings (SSSR count). The zero-order chi connectivity index (χ0) is 12.1. The van der Waals surface area contributed by atoms with E-state index < -0.39 is 12.0 Å². The Hall–Kier alpha value is -1.85. The lowest BCUT2D eigenvalue weighted by Crippen LogP contribution is -2.44.